The molecule has 1 aliphatic rings. The Labute approximate surface area is 365 Å². The van der Waals surface area contributed by atoms with Crippen molar-refractivity contribution < 1.29 is 30.0 Å². The van der Waals surface area contributed by atoms with Gasteiger partial charge < -0.3 is 14.4 Å². The van der Waals surface area contributed by atoms with Crippen LogP contribution in [0.4, 0.5) is 0 Å². The Morgan fingerprint density at radius 3 is 2.24 bits per heavy atom. The average Bonchev–Trinajstić information content (AvgIpc) is 3.91. The SMILES string of the molecule is [2H]C([2H])([2H])c1c[c-]c(-c2cc(C([2H])(C)C)c([Si](C)(C)C)cn2)cc1-c1ccccc1.[Ir].[c-]1ccc2c(oc3cc(-c4ccccc4)ccc32)c1-c1cc(CC2CCCC2)ccn1. The first-order chi connectivity index (χ1) is 29.1. The molecule has 5 heteroatoms. The van der Waals surface area contributed by atoms with Crippen LogP contribution in [0.5, 0.6) is 0 Å². The summed E-state index contributed by atoms with van der Waals surface area (Å²) in [4.78, 5) is 9.37. The maximum atomic E-state index is 8.66. The van der Waals surface area contributed by atoms with E-state index in [1.807, 2.05) is 80.8 Å². The van der Waals surface area contributed by atoms with E-state index in [-0.39, 0.29) is 25.7 Å². The van der Waals surface area contributed by atoms with Crippen molar-refractivity contribution in [3.63, 3.8) is 0 Å². The topological polar surface area (TPSA) is 38.9 Å². The third-order valence-corrected chi connectivity index (χ3v) is 13.2. The molecule has 1 saturated carbocycles. The molecule has 1 fully saturated rings. The quantitative estimate of drug-likeness (QED) is 0.113. The molecular formula is C53H52IrN2OSi-2. The summed E-state index contributed by atoms with van der Waals surface area (Å²) < 4.78 is 38.8. The summed E-state index contributed by atoms with van der Waals surface area (Å²) in [5.74, 6) is 0.0615. The van der Waals surface area contributed by atoms with Crippen molar-refractivity contribution in [3.05, 3.63) is 163 Å². The molecule has 3 nitrogen and oxygen atoms in total. The summed E-state index contributed by atoms with van der Waals surface area (Å²) in [7, 11) is -1.68. The van der Waals surface area contributed by atoms with Gasteiger partial charge in [-0.3, -0.25) is 0 Å². The Hall–Kier alpha value is -4.93. The number of pyridine rings is 2. The van der Waals surface area contributed by atoms with Gasteiger partial charge in [-0.2, -0.15) is 0 Å². The van der Waals surface area contributed by atoms with Crippen molar-refractivity contribution in [1.82, 2.24) is 9.97 Å². The third kappa shape index (κ3) is 9.03. The van der Waals surface area contributed by atoms with Gasteiger partial charge in [-0.15, -0.1) is 47.5 Å². The number of hydrogen-bond donors (Lipinski definition) is 0. The van der Waals surface area contributed by atoms with Gasteiger partial charge in [0.1, 0.15) is 5.58 Å². The predicted octanol–water partition coefficient (Wildman–Crippen LogP) is 14.0. The molecule has 295 valence electrons. The van der Waals surface area contributed by atoms with E-state index in [4.69, 9.17) is 14.9 Å². The zero-order valence-electron chi connectivity index (χ0n) is 38.0. The molecule has 0 N–H and O–H groups in total. The molecule has 3 aromatic heterocycles. The van der Waals surface area contributed by atoms with Crippen molar-refractivity contribution in [1.29, 1.82) is 0 Å². The van der Waals surface area contributed by atoms with Crippen LogP contribution in [0.15, 0.2) is 138 Å². The third-order valence-electron chi connectivity index (χ3n) is 11.2. The van der Waals surface area contributed by atoms with Crippen LogP contribution in [0.3, 0.4) is 0 Å². The Balaban J connectivity index is 0.000000184. The van der Waals surface area contributed by atoms with Gasteiger partial charge in [-0.25, -0.2) is 0 Å². The van der Waals surface area contributed by atoms with E-state index in [2.05, 4.69) is 97.4 Å². The second-order valence-corrected chi connectivity index (χ2v) is 21.6. The van der Waals surface area contributed by atoms with Crippen LogP contribution in [0.2, 0.25) is 19.6 Å². The minimum atomic E-state index is -2.23. The molecular weight excluding hydrogens is 901 g/mol. The second-order valence-electron chi connectivity index (χ2n) is 16.6. The molecule has 1 aliphatic carbocycles. The minimum absolute atomic E-state index is 0. The van der Waals surface area contributed by atoms with Gasteiger partial charge in [0.25, 0.3) is 0 Å². The molecule has 8 aromatic rings. The molecule has 0 unspecified atom stereocenters. The Morgan fingerprint density at radius 2 is 1.53 bits per heavy atom. The first-order valence-electron chi connectivity index (χ1n) is 22.1. The fourth-order valence-corrected chi connectivity index (χ4v) is 9.72. The maximum Gasteiger partial charge on any atom is 0.121 e. The minimum Gasteiger partial charge on any atom is -0.501 e. The fraction of sp³-hybridized carbons (Fsp3) is 0.245. The van der Waals surface area contributed by atoms with Crippen LogP contribution in [0.1, 0.15) is 67.6 Å². The maximum absolute atomic E-state index is 8.66. The summed E-state index contributed by atoms with van der Waals surface area (Å²) in [6.45, 7) is 8.32. The van der Waals surface area contributed by atoms with E-state index in [1.54, 1.807) is 6.07 Å². The summed E-state index contributed by atoms with van der Waals surface area (Å²) in [6.07, 6.45) is 10.4. The van der Waals surface area contributed by atoms with Gasteiger partial charge in [0.15, 0.2) is 0 Å². The number of hydrogen-bond acceptors (Lipinski definition) is 3. The van der Waals surface area contributed by atoms with E-state index in [0.29, 0.717) is 11.3 Å². The van der Waals surface area contributed by atoms with Crippen molar-refractivity contribution in [3.8, 4) is 44.8 Å². The Bertz CT molecular complexity index is 2800. The zero-order chi connectivity index (χ0) is 42.9. The second kappa shape index (κ2) is 17.9. The van der Waals surface area contributed by atoms with E-state index in [9.17, 15) is 0 Å². The molecule has 0 amide bonds. The first-order valence-corrected chi connectivity index (χ1v) is 23.6. The monoisotopic (exact) mass is 957 g/mol. The van der Waals surface area contributed by atoms with Gasteiger partial charge in [-0.1, -0.05) is 179 Å². The van der Waals surface area contributed by atoms with Crippen molar-refractivity contribution in [2.45, 2.75) is 78.3 Å². The number of benzene rings is 5. The van der Waals surface area contributed by atoms with Gasteiger partial charge in [0.2, 0.25) is 0 Å². The molecule has 1 radical (unpaired) electrons. The summed E-state index contributed by atoms with van der Waals surface area (Å²) in [5, 5.41) is 3.42. The van der Waals surface area contributed by atoms with Gasteiger partial charge in [0, 0.05) is 43.4 Å². The summed E-state index contributed by atoms with van der Waals surface area (Å²) in [6, 6.07) is 46.8. The molecule has 0 atom stereocenters. The van der Waals surface area contributed by atoms with Crippen LogP contribution in [-0.4, -0.2) is 18.0 Å². The molecule has 9 rings (SSSR count). The van der Waals surface area contributed by atoms with E-state index < -0.39 is 20.8 Å². The van der Waals surface area contributed by atoms with Crippen LogP contribution >= 0.6 is 0 Å². The van der Waals surface area contributed by atoms with Gasteiger partial charge >= 0.3 is 0 Å². The molecule has 0 aliphatic heterocycles. The van der Waals surface area contributed by atoms with Crippen molar-refractivity contribution in [2.24, 2.45) is 5.92 Å². The normalized spacial score (nSPS) is 14.5. The number of aromatic nitrogens is 2. The van der Waals surface area contributed by atoms with Crippen LogP contribution in [-0.2, 0) is 26.5 Å². The molecule has 3 heterocycles. The van der Waals surface area contributed by atoms with Crippen molar-refractivity contribution in [2.75, 3.05) is 0 Å². The Morgan fingerprint density at radius 1 is 0.793 bits per heavy atom. The number of fused-ring (bicyclic) bond motifs is 3. The average molecular weight is 957 g/mol. The van der Waals surface area contributed by atoms with E-state index in [0.717, 1.165) is 67.8 Å². The number of furan rings is 1. The molecule has 58 heavy (non-hydrogen) atoms. The predicted molar refractivity (Wildman–Crippen MR) is 243 cm³/mol. The number of aryl methyl sites for hydroxylation is 1. The molecule has 0 saturated heterocycles. The Kier molecular flexibility index (Phi) is 11.2. The smallest absolute Gasteiger partial charge is 0.121 e. The largest absolute Gasteiger partial charge is 0.501 e. The molecule has 0 bridgehead atoms. The molecule has 0 spiro atoms. The van der Waals surface area contributed by atoms with Gasteiger partial charge in [0.05, 0.1) is 13.7 Å². The van der Waals surface area contributed by atoms with E-state index in [1.165, 1.54) is 42.0 Å². The first kappa shape index (κ1) is 36.2. The van der Waals surface area contributed by atoms with Crippen LogP contribution < -0.4 is 5.19 Å². The van der Waals surface area contributed by atoms with Gasteiger partial charge in [-0.05, 0) is 63.6 Å². The van der Waals surface area contributed by atoms with Crippen LogP contribution in [0, 0.1) is 24.9 Å². The number of nitrogens with zero attached hydrogens (tertiary/aromatic N) is 2. The fourth-order valence-electron chi connectivity index (χ4n) is 8.14. The standard InChI is InChI=1S/C29H24NO.C24H28NSi.Ir/c1-2-9-22(10-3-1)23-13-14-24-25-11-6-12-26(29(25)31-28(24)19-23)27-18-21(15-16-30-27)17-20-7-4-5-8-20;1-17(2)21-15-23(25-16-24(21)26(4,5)6)20-13-12-18(3)22(14-20)19-10-8-7-9-11-19;/h1-3,6,9-11,13-16,18-20H,4-5,7-8,17H2;7-12,14-17H,1-6H3;/q2*-1;/i;3D3,17D;. The van der Waals surface area contributed by atoms with Crippen LogP contribution in [0.25, 0.3) is 66.7 Å². The van der Waals surface area contributed by atoms with Crippen molar-refractivity contribution >= 4 is 35.2 Å². The molecule has 5 aromatic carbocycles. The summed E-state index contributed by atoms with van der Waals surface area (Å²) in [5.41, 5.74) is 11.6. The zero-order valence-corrected chi connectivity index (χ0v) is 37.3. The van der Waals surface area contributed by atoms with E-state index >= 15 is 0 Å². The summed E-state index contributed by atoms with van der Waals surface area (Å²) >= 11 is 0. The number of rotatable bonds is 8.